The number of likely N-dealkylation sites (tertiary alicyclic amines) is 2. The van der Waals surface area contributed by atoms with Gasteiger partial charge in [-0.05, 0) is 64.4 Å². The molecule has 0 aliphatic carbocycles. The predicted octanol–water partition coefficient (Wildman–Crippen LogP) is 1.59. The van der Waals surface area contributed by atoms with Crippen LogP contribution in [-0.2, 0) is 0 Å². The number of piperidine rings is 2. The van der Waals surface area contributed by atoms with Crippen LogP contribution >= 0.6 is 0 Å². The maximum atomic E-state index is 12.5. The van der Waals surface area contributed by atoms with Crippen molar-refractivity contribution in [3.8, 4) is 0 Å². The molecule has 0 unspecified atom stereocenters. The largest absolute Gasteiger partial charge is 0.477 e. The third-order valence-electron chi connectivity index (χ3n) is 5.64. The molecule has 1 aromatic rings. The van der Waals surface area contributed by atoms with Crippen LogP contribution < -0.4 is 5.56 Å². The first-order chi connectivity index (χ1) is 11.5. The number of hydrogen-bond donors (Lipinski definition) is 1. The van der Waals surface area contributed by atoms with Gasteiger partial charge in [0.05, 0.1) is 0 Å². The van der Waals surface area contributed by atoms with Crippen LogP contribution in [0.1, 0.15) is 47.6 Å². The van der Waals surface area contributed by atoms with Crippen molar-refractivity contribution < 1.29 is 9.90 Å². The molecule has 0 amide bonds. The number of aromatic carboxylic acids is 1. The van der Waals surface area contributed by atoms with Gasteiger partial charge in [0.1, 0.15) is 5.56 Å². The average Bonchev–Trinajstić information content (AvgIpc) is 2.56. The predicted molar refractivity (Wildman–Crippen MR) is 92.8 cm³/mol. The van der Waals surface area contributed by atoms with Crippen molar-refractivity contribution in [1.82, 2.24) is 14.4 Å². The van der Waals surface area contributed by atoms with Crippen molar-refractivity contribution in [2.75, 3.05) is 33.2 Å². The second-order valence-corrected chi connectivity index (χ2v) is 7.19. The molecule has 132 valence electrons. The van der Waals surface area contributed by atoms with Crippen LogP contribution in [0.3, 0.4) is 0 Å². The van der Waals surface area contributed by atoms with Gasteiger partial charge >= 0.3 is 5.97 Å². The normalized spacial score (nSPS) is 21.9. The lowest BCUT2D eigenvalue weighted by atomic mass is 9.97. The number of rotatable bonds is 3. The first-order valence-electron chi connectivity index (χ1n) is 8.85. The van der Waals surface area contributed by atoms with Crippen LogP contribution in [-0.4, -0.2) is 64.7 Å². The highest BCUT2D eigenvalue weighted by Gasteiger charge is 2.29. The lowest BCUT2D eigenvalue weighted by molar-refractivity contribution is 0.0691. The average molecular weight is 333 g/mol. The number of nitrogens with zero attached hydrogens (tertiary/aromatic N) is 3. The number of hydrogen-bond acceptors (Lipinski definition) is 4. The summed E-state index contributed by atoms with van der Waals surface area (Å²) in [6.45, 7) is 5.97. The molecule has 2 aliphatic heterocycles. The van der Waals surface area contributed by atoms with E-state index in [1.165, 1.54) is 12.8 Å². The van der Waals surface area contributed by atoms with Crippen molar-refractivity contribution in [3.05, 3.63) is 33.7 Å². The summed E-state index contributed by atoms with van der Waals surface area (Å²) < 4.78 is 1.64. The fourth-order valence-electron chi connectivity index (χ4n) is 4.08. The van der Waals surface area contributed by atoms with Crippen LogP contribution in [0.2, 0.25) is 0 Å². The Bertz CT molecular complexity index is 654. The third kappa shape index (κ3) is 3.39. The first kappa shape index (κ1) is 17.2. The Morgan fingerprint density at radius 2 is 1.67 bits per heavy atom. The minimum atomic E-state index is -1.13. The fourth-order valence-corrected chi connectivity index (χ4v) is 4.08. The van der Waals surface area contributed by atoms with Gasteiger partial charge in [0, 0.05) is 31.4 Å². The van der Waals surface area contributed by atoms with E-state index in [1.807, 2.05) is 0 Å². The van der Waals surface area contributed by atoms with Gasteiger partial charge in [-0.25, -0.2) is 4.79 Å². The molecule has 2 saturated heterocycles. The maximum absolute atomic E-state index is 12.5. The Kier molecular flexibility index (Phi) is 5.06. The van der Waals surface area contributed by atoms with Gasteiger partial charge < -0.3 is 19.5 Å². The summed E-state index contributed by atoms with van der Waals surface area (Å²) in [5.41, 5.74) is 0.0861. The molecule has 2 aliphatic rings. The Balaban J connectivity index is 1.68. The fraction of sp³-hybridized carbons (Fsp3) is 0.667. The van der Waals surface area contributed by atoms with Gasteiger partial charge in [-0.2, -0.15) is 0 Å². The Labute approximate surface area is 142 Å². The minimum Gasteiger partial charge on any atom is -0.477 e. The number of carboxylic acids is 1. The highest BCUT2D eigenvalue weighted by molar-refractivity contribution is 5.88. The number of carbonyl (C=O) groups is 1. The maximum Gasteiger partial charge on any atom is 0.341 e. The molecule has 0 bridgehead atoms. The van der Waals surface area contributed by atoms with Crippen LogP contribution in [0.4, 0.5) is 0 Å². The van der Waals surface area contributed by atoms with E-state index >= 15 is 0 Å². The lowest BCUT2D eigenvalue weighted by Gasteiger charge is -2.41. The van der Waals surface area contributed by atoms with E-state index in [2.05, 4.69) is 16.8 Å². The molecule has 6 nitrogen and oxygen atoms in total. The van der Waals surface area contributed by atoms with Crippen LogP contribution in [0.15, 0.2) is 17.1 Å². The Morgan fingerprint density at radius 1 is 1.08 bits per heavy atom. The van der Waals surface area contributed by atoms with Gasteiger partial charge in [0.15, 0.2) is 0 Å². The summed E-state index contributed by atoms with van der Waals surface area (Å²) in [6, 6.07) is 2.51. The SMILES string of the molecule is Cc1ccn(C2CCN(C3CCN(C)CC3)CC2)c(=O)c1C(=O)O. The summed E-state index contributed by atoms with van der Waals surface area (Å²) in [5, 5.41) is 9.28. The molecule has 0 radical (unpaired) electrons. The third-order valence-corrected chi connectivity index (χ3v) is 5.64. The molecule has 0 atom stereocenters. The Hall–Kier alpha value is -1.66. The summed E-state index contributed by atoms with van der Waals surface area (Å²) >= 11 is 0. The molecule has 2 fully saturated rings. The second-order valence-electron chi connectivity index (χ2n) is 7.19. The van der Waals surface area contributed by atoms with Gasteiger partial charge in [-0.3, -0.25) is 4.79 Å². The molecule has 0 aromatic carbocycles. The summed E-state index contributed by atoms with van der Waals surface area (Å²) in [6.07, 6.45) is 6.02. The molecule has 1 aromatic heterocycles. The Morgan fingerprint density at radius 3 is 2.25 bits per heavy atom. The van der Waals surface area contributed by atoms with E-state index < -0.39 is 5.97 Å². The zero-order chi connectivity index (χ0) is 17.3. The van der Waals surface area contributed by atoms with Gasteiger partial charge in [-0.1, -0.05) is 0 Å². The number of aromatic nitrogens is 1. The van der Waals surface area contributed by atoms with Crippen molar-refractivity contribution in [2.45, 2.75) is 44.7 Å². The van der Waals surface area contributed by atoms with Crippen molar-refractivity contribution in [2.24, 2.45) is 0 Å². The molecule has 3 rings (SSSR count). The van der Waals surface area contributed by atoms with Gasteiger partial charge in [0.2, 0.25) is 0 Å². The molecule has 3 heterocycles. The van der Waals surface area contributed by atoms with Crippen LogP contribution in [0, 0.1) is 6.92 Å². The van der Waals surface area contributed by atoms with E-state index in [9.17, 15) is 14.7 Å². The molecule has 1 N–H and O–H groups in total. The number of carboxylic acid groups (broad SMARTS) is 1. The quantitative estimate of drug-likeness (QED) is 0.910. The monoisotopic (exact) mass is 333 g/mol. The van der Waals surface area contributed by atoms with Crippen molar-refractivity contribution >= 4 is 5.97 Å². The molecular weight excluding hydrogens is 306 g/mol. The van der Waals surface area contributed by atoms with Gasteiger partial charge in [-0.15, -0.1) is 0 Å². The standard InChI is InChI=1S/C18H27N3O3/c1-13-3-12-21(17(22)16(13)18(23)24)15-6-10-20(11-7-15)14-4-8-19(2)9-5-14/h3,12,14-15H,4-11H2,1-2H3,(H,23,24). The molecular formula is C18H27N3O3. The molecule has 6 heteroatoms. The van der Waals surface area contributed by atoms with Crippen molar-refractivity contribution in [3.63, 3.8) is 0 Å². The highest BCUT2D eigenvalue weighted by atomic mass is 16.4. The van der Waals surface area contributed by atoms with Crippen LogP contribution in [0.5, 0.6) is 0 Å². The number of aryl methyl sites for hydroxylation is 1. The van der Waals surface area contributed by atoms with E-state index in [-0.39, 0.29) is 17.2 Å². The van der Waals surface area contributed by atoms with E-state index in [0.717, 1.165) is 39.0 Å². The minimum absolute atomic E-state index is 0.0877. The molecule has 24 heavy (non-hydrogen) atoms. The first-order valence-corrected chi connectivity index (χ1v) is 8.85. The zero-order valence-corrected chi connectivity index (χ0v) is 14.6. The second kappa shape index (κ2) is 7.07. The van der Waals surface area contributed by atoms with Crippen molar-refractivity contribution in [1.29, 1.82) is 0 Å². The van der Waals surface area contributed by atoms with Crippen LogP contribution in [0.25, 0.3) is 0 Å². The van der Waals surface area contributed by atoms with E-state index in [4.69, 9.17) is 0 Å². The van der Waals surface area contributed by atoms with E-state index in [1.54, 1.807) is 23.8 Å². The topological polar surface area (TPSA) is 65.8 Å². The highest BCUT2D eigenvalue weighted by Crippen LogP contribution is 2.26. The zero-order valence-electron chi connectivity index (χ0n) is 14.6. The lowest BCUT2D eigenvalue weighted by Crippen LogP contribution is -2.47. The smallest absolute Gasteiger partial charge is 0.341 e. The van der Waals surface area contributed by atoms with Gasteiger partial charge in [0.25, 0.3) is 5.56 Å². The molecule has 0 spiro atoms. The van der Waals surface area contributed by atoms with E-state index in [0.29, 0.717) is 11.6 Å². The number of pyridine rings is 1. The summed E-state index contributed by atoms with van der Waals surface area (Å²) in [4.78, 5) is 28.8. The molecule has 0 saturated carbocycles. The summed E-state index contributed by atoms with van der Waals surface area (Å²) in [7, 11) is 2.17. The summed E-state index contributed by atoms with van der Waals surface area (Å²) in [5.74, 6) is -1.13.